The molecular weight excluding hydrogens is 432 g/mol. The Morgan fingerprint density at radius 2 is 2.00 bits per heavy atom. The smallest absolute Gasteiger partial charge is 0.329 e. The number of nitrogens with one attached hydrogen (secondary N) is 1. The first-order valence-electron chi connectivity index (χ1n) is 10.8. The van der Waals surface area contributed by atoms with Gasteiger partial charge in [-0.1, -0.05) is 43.1 Å². The summed E-state index contributed by atoms with van der Waals surface area (Å²) in [5.41, 5.74) is -0.0915. The van der Waals surface area contributed by atoms with Crippen molar-refractivity contribution in [3.05, 3.63) is 52.7 Å². The highest BCUT2D eigenvalue weighted by Crippen LogP contribution is 2.34. The number of rotatable bonds is 9. The number of benzene rings is 1. The van der Waals surface area contributed by atoms with Gasteiger partial charge in [0.2, 0.25) is 0 Å². The Morgan fingerprint density at radius 1 is 1.28 bits per heavy atom. The number of carbonyl (C=O) groups is 2. The van der Waals surface area contributed by atoms with Crippen molar-refractivity contribution in [2.45, 2.75) is 51.0 Å². The van der Waals surface area contributed by atoms with E-state index in [9.17, 15) is 14.7 Å². The molecule has 1 heterocycles. The molecule has 172 valence electrons. The normalized spacial score (nSPS) is 20.4. The molecule has 1 fully saturated rings. The van der Waals surface area contributed by atoms with Crippen LogP contribution in [0.1, 0.15) is 54.9 Å². The van der Waals surface area contributed by atoms with Crippen molar-refractivity contribution in [2.24, 2.45) is 5.92 Å². The standard InChI is InChI=1S/C24H29ClN2O5/c1-3-16-8-11-24(12-9-16,23(29)30)27-21(28)18-14-20(22(31-2)26-15-18)32-13-10-17-6-4-5-7-19(17)25/h4-7,14-16H,3,8-13H2,1-2H3,(H,27,28)(H,29,30). The van der Waals surface area contributed by atoms with Gasteiger partial charge in [0, 0.05) is 23.7 Å². The zero-order valence-corrected chi connectivity index (χ0v) is 19.2. The molecule has 8 heteroatoms. The van der Waals surface area contributed by atoms with Crippen molar-refractivity contribution in [1.29, 1.82) is 0 Å². The van der Waals surface area contributed by atoms with Gasteiger partial charge in [-0.25, -0.2) is 9.78 Å². The Kier molecular flexibility index (Phi) is 7.96. The molecule has 2 N–H and O–H groups in total. The number of pyridine rings is 1. The highest BCUT2D eigenvalue weighted by Gasteiger charge is 2.43. The molecule has 1 saturated carbocycles. The summed E-state index contributed by atoms with van der Waals surface area (Å²) in [5.74, 6) is -0.435. The Bertz CT molecular complexity index is 957. The lowest BCUT2D eigenvalue weighted by Crippen LogP contribution is -2.56. The lowest BCUT2D eigenvalue weighted by atomic mass is 9.75. The zero-order valence-electron chi connectivity index (χ0n) is 18.4. The Labute approximate surface area is 193 Å². The lowest BCUT2D eigenvalue weighted by Gasteiger charge is -2.37. The fourth-order valence-corrected chi connectivity index (χ4v) is 4.28. The van der Waals surface area contributed by atoms with Gasteiger partial charge in [-0.15, -0.1) is 0 Å². The van der Waals surface area contributed by atoms with E-state index in [1.807, 2.05) is 24.3 Å². The van der Waals surface area contributed by atoms with Crippen molar-refractivity contribution in [1.82, 2.24) is 10.3 Å². The van der Waals surface area contributed by atoms with E-state index < -0.39 is 17.4 Å². The average Bonchev–Trinajstić information content (AvgIpc) is 2.80. The van der Waals surface area contributed by atoms with Crippen LogP contribution in [-0.2, 0) is 11.2 Å². The minimum atomic E-state index is -1.26. The molecule has 0 spiro atoms. The molecule has 1 aliphatic rings. The topological polar surface area (TPSA) is 97.8 Å². The van der Waals surface area contributed by atoms with E-state index in [0.29, 0.717) is 42.6 Å². The van der Waals surface area contributed by atoms with Crippen LogP contribution in [0.2, 0.25) is 5.02 Å². The third kappa shape index (κ3) is 5.51. The number of halogens is 1. The Hall–Kier alpha value is -2.80. The molecule has 32 heavy (non-hydrogen) atoms. The van der Waals surface area contributed by atoms with Crippen LogP contribution in [0, 0.1) is 5.92 Å². The fourth-order valence-electron chi connectivity index (χ4n) is 4.05. The third-order valence-electron chi connectivity index (χ3n) is 6.16. The number of nitrogens with zero attached hydrogens (tertiary/aromatic N) is 1. The maximum atomic E-state index is 12.9. The summed E-state index contributed by atoms with van der Waals surface area (Å²) in [7, 11) is 1.47. The second-order valence-electron chi connectivity index (χ2n) is 8.11. The van der Waals surface area contributed by atoms with Crippen LogP contribution < -0.4 is 14.8 Å². The summed E-state index contributed by atoms with van der Waals surface area (Å²) in [6.45, 7) is 2.41. The van der Waals surface area contributed by atoms with Crippen LogP contribution >= 0.6 is 11.6 Å². The van der Waals surface area contributed by atoms with Gasteiger partial charge >= 0.3 is 5.97 Å². The van der Waals surface area contributed by atoms with Gasteiger partial charge in [0.15, 0.2) is 5.75 Å². The minimum absolute atomic E-state index is 0.219. The van der Waals surface area contributed by atoms with E-state index in [2.05, 4.69) is 17.2 Å². The van der Waals surface area contributed by atoms with Gasteiger partial charge in [-0.05, 0) is 43.2 Å². The van der Waals surface area contributed by atoms with E-state index in [-0.39, 0.29) is 11.4 Å². The predicted molar refractivity (Wildman–Crippen MR) is 122 cm³/mol. The second kappa shape index (κ2) is 10.7. The van der Waals surface area contributed by atoms with Crippen LogP contribution in [0.5, 0.6) is 11.6 Å². The Balaban J connectivity index is 1.71. The molecule has 0 atom stereocenters. The minimum Gasteiger partial charge on any atom is -0.488 e. The summed E-state index contributed by atoms with van der Waals surface area (Å²) in [4.78, 5) is 29.1. The molecule has 0 radical (unpaired) electrons. The molecule has 7 nitrogen and oxygen atoms in total. The van der Waals surface area contributed by atoms with Gasteiger partial charge in [0.1, 0.15) is 5.54 Å². The zero-order chi connectivity index (χ0) is 23.1. The van der Waals surface area contributed by atoms with Gasteiger partial charge in [0.25, 0.3) is 11.8 Å². The first-order chi connectivity index (χ1) is 15.4. The third-order valence-corrected chi connectivity index (χ3v) is 6.53. The van der Waals surface area contributed by atoms with Crippen LogP contribution in [0.3, 0.4) is 0 Å². The quantitative estimate of drug-likeness (QED) is 0.571. The summed E-state index contributed by atoms with van der Waals surface area (Å²) >= 11 is 6.19. The van der Waals surface area contributed by atoms with Crippen LogP contribution in [-0.4, -0.2) is 41.2 Å². The van der Waals surface area contributed by atoms with Crippen molar-refractivity contribution < 1.29 is 24.2 Å². The first-order valence-corrected chi connectivity index (χ1v) is 11.2. The Morgan fingerprint density at radius 3 is 2.62 bits per heavy atom. The molecule has 0 unspecified atom stereocenters. The highest BCUT2D eigenvalue weighted by atomic mass is 35.5. The maximum Gasteiger partial charge on any atom is 0.329 e. The summed E-state index contributed by atoms with van der Waals surface area (Å²) in [6.07, 6.45) is 5.33. The van der Waals surface area contributed by atoms with Crippen molar-refractivity contribution >= 4 is 23.5 Å². The largest absolute Gasteiger partial charge is 0.488 e. The number of aromatic nitrogens is 1. The summed E-state index contributed by atoms with van der Waals surface area (Å²) in [6, 6.07) is 9.03. The molecular formula is C24H29ClN2O5. The van der Waals surface area contributed by atoms with E-state index >= 15 is 0 Å². The van der Waals surface area contributed by atoms with Crippen molar-refractivity contribution in [3.63, 3.8) is 0 Å². The molecule has 0 bridgehead atoms. The number of carboxylic acid groups (broad SMARTS) is 1. The van der Waals surface area contributed by atoms with Crippen molar-refractivity contribution in [2.75, 3.05) is 13.7 Å². The van der Waals surface area contributed by atoms with Gasteiger partial charge in [-0.2, -0.15) is 0 Å². The molecule has 1 amide bonds. The summed E-state index contributed by atoms with van der Waals surface area (Å²) in [5, 5.41) is 13.3. The molecule has 0 saturated heterocycles. The number of hydrogen-bond donors (Lipinski definition) is 2. The van der Waals surface area contributed by atoms with Gasteiger partial charge in [0.05, 0.1) is 19.3 Å². The number of carbonyl (C=O) groups excluding carboxylic acids is 1. The molecule has 2 aromatic rings. The number of hydrogen-bond acceptors (Lipinski definition) is 5. The first kappa shape index (κ1) is 23.9. The van der Waals surface area contributed by atoms with E-state index in [1.165, 1.54) is 19.4 Å². The fraction of sp³-hybridized carbons (Fsp3) is 0.458. The SMILES string of the molecule is CCC1CCC(NC(=O)c2cnc(OC)c(OCCc3ccccc3Cl)c2)(C(=O)O)CC1. The van der Waals surface area contributed by atoms with Crippen LogP contribution in [0.25, 0.3) is 0 Å². The van der Waals surface area contributed by atoms with Crippen LogP contribution in [0.4, 0.5) is 0 Å². The predicted octanol–water partition coefficient (Wildman–Crippen LogP) is 4.52. The number of carboxylic acids is 1. The summed E-state index contributed by atoms with van der Waals surface area (Å²) < 4.78 is 11.1. The van der Waals surface area contributed by atoms with E-state index in [0.717, 1.165) is 24.8 Å². The second-order valence-corrected chi connectivity index (χ2v) is 8.52. The molecule has 1 aliphatic carbocycles. The van der Waals surface area contributed by atoms with Crippen molar-refractivity contribution in [3.8, 4) is 11.6 Å². The average molecular weight is 461 g/mol. The molecule has 0 aliphatic heterocycles. The number of ether oxygens (including phenoxy) is 2. The number of amides is 1. The molecule has 1 aromatic carbocycles. The van der Waals surface area contributed by atoms with E-state index in [1.54, 1.807) is 0 Å². The number of methoxy groups -OCH3 is 1. The highest BCUT2D eigenvalue weighted by molar-refractivity contribution is 6.31. The van der Waals surface area contributed by atoms with Gasteiger partial charge < -0.3 is 19.9 Å². The monoisotopic (exact) mass is 460 g/mol. The molecule has 1 aromatic heterocycles. The van der Waals surface area contributed by atoms with E-state index in [4.69, 9.17) is 21.1 Å². The van der Waals surface area contributed by atoms with Gasteiger partial charge in [-0.3, -0.25) is 4.79 Å². The number of aliphatic carboxylic acids is 1. The van der Waals surface area contributed by atoms with Crippen LogP contribution in [0.15, 0.2) is 36.5 Å². The molecule has 3 rings (SSSR count). The maximum absolute atomic E-state index is 12.9. The lowest BCUT2D eigenvalue weighted by molar-refractivity contribution is -0.146.